The number of carbonyl (C=O) groups excluding carboxylic acids is 3. The standard InChI is InChI=1S/C45H66ClNO6/c1-27(2)37-32(49)24-45(35(50)26-47(39(51)53-40(4,5)6)25-29-12-14-30(46)15-13-29)23-22-43(10)31(38(37)45)16-17-34-42(9)20-19-36(52-28(3)48)41(7,8)33(42)18-21-44(34,43)11/h12-15,27,31,33-36,50H,16-26H2,1-11H3/t31-,33-,34-,35-,36+,42+,43-,44-,45+/m1/s1. The van der Waals surface area contributed by atoms with Gasteiger partial charge in [0.1, 0.15) is 11.7 Å². The summed E-state index contributed by atoms with van der Waals surface area (Å²) >= 11 is 6.19. The molecule has 4 fully saturated rings. The summed E-state index contributed by atoms with van der Waals surface area (Å²) in [5.74, 6) is 1.15. The lowest BCUT2D eigenvalue weighted by Gasteiger charge is -2.72. The van der Waals surface area contributed by atoms with Crippen molar-refractivity contribution in [3.8, 4) is 0 Å². The summed E-state index contributed by atoms with van der Waals surface area (Å²) in [6.45, 7) is 23.9. The maximum Gasteiger partial charge on any atom is 0.410 e. The Labute approximate surface area is 324 Å². The van der Waals surface area contributed by atoms with Crippen molar-refractivity contribution in [3.05, 3.63) is 46.0 Å². The number of ketones is 1. The number of Topliss-reactive ketones (excluding diaryl/α,β-unsaturated/α-hetero) is 1. The quantitative estimate of drug-likeness (QED) is 0.279. The zero-order valence-corrected chi connectivity index (χ0v) is 35.1. The van der Waals surface area contributed by atoms with Gasteiger partial charge in [-0.25, -0.2) is 4.79 Å². The molecule has 0 saturated heterocycles. The number of allylic oxidation sites excluding steroid dienone is 1. The van der Waals surface area contributed by atoms with Gasteiger partial charge < -0.3 is 19.5 Å². The monoisotopic (exact) mass is 751 g/mol. The number of hydrogen-bond acceptors (Lipinski definition) is 6. The van der Waals surface area contributed by atoms with Crippen LogP contribution >= 0.6 is 11.6 Å². The van der Waals surface area contributed by atoms with Gasteiger partial charge in [0.15, 0.2) is 5.78 Å². The number of rotatable bonds is 7. The van der Waals surface area contributed by atoms with E-state index >= 15 is 0 Å². The summed E-state index contributed by atoms with van der Waals surface area (Å²) in [7, 11) is 0. The number of hydrogen-bond donors (Lipinski definition) is 1. The number of aliphatic hydroxyl groups is 1. The van der Waals surface area contributed by atoms with Gasteiger partial charge in [-0.15, -0.1) is 0 Å². The molecule has 0 unspecified atom stereocenters. The van der Waals surface area contributed by atoms with Gasteiger partial charge in [-0.3, -0.25) is 9.59 Å². The molecule has 4 saturated carbocycles. The first-order valence-electron chi connectivity index (χ1n) is 20.4. The van der Waals surface area contributed by atoms with Gasteiger partial charge >= 0.3 is 12.1 Å². The molecule has 0 aromatic heterocycles. The summed E-state index contributed by atoms with van der Waals surface area (Å²) in [6, 6.07) is 7.42. The lowest BCUT2D eigenvalue weighted by molar-refractivity contribution is -0.234. The van der Waals surface area contributed by atoms with Crippen LogP contribution in [0.4, 0.5) is 4.79 Å². The molecule has 7 nitrogen and oxygen atoms in total. The van der Waals surface area contributed by atoms with E-state index in [-0.39, 0.29) is 64.4 Å². The third-order valence-corrected chi connectivity index (χ3v) is 16.0. The molecule has 9 atom stereocenters. The van der Waals surface area contributed by atoms with Crippen molar-refractivity contribution in [1.29, 1.82) is 0 Å². The highest BCUT2D eigenvalue weighted by atomic mass is 35.5. The van der Waals surface area contributed by atoms with Crippen LogP contribution in [-0.4, -0.2) is 52.2 Å². The lowest BCUT2D eigenvalue weighted by Crippen LogP contribution is -2.66. The van der Waals surface area contributed by atoms with E-state index in [0.717, 1.165) is 56.1 Å². The van der Waals surface area contributed by atoms with Crippen LogP contribution in [0.5, 0.6) is 0 Å². The van der Waals surface area contributed by atoms with Crippen molar-refractivity contribution in [2.75, 3.05) is 6.54 Å². The summed E-state index contributed by atoms with van der Waals surface area (Å²) in [5, 5.41) is 13.2. The average molecular weight is 752 g/mol. The maximum absolute atomic E-state index is 14.3. The predicted molar refractivity (Wildman–Crippen MR) is 209 cm³/mol. The van der Waals surface area contributed by atoms with Gasteiger partial charge in [0, 0.05) is 35.7 Å². The molecule has 53 heavy (non-hydrogen) atoms. The van der Waals surface area contributed by atoms with Gasteiger partial charge in [-0.05, 0) is 135 Å². The van der Waals surface area contributed by atoms with Crippen LogP contribution in [0.1, 0.15) is 140 Å². The van der Waals surface area contributed by atoms with E-state index in [1.165, 1.54) is 12.5 Å². The second-order valence-corrected chi connectivity index (χ2v) is 20.8. The molecule has 5 aliphatic rings. The first kappa shape index (κ1) is 40.3. The average Bonchev–Trinajstić information content (AvgIpc) is 3.36. The molecule has 8 heteroatoms. The Hall–Kier alpha value is -2.38. The first-order chi connectivity index (χ1) is 24.5. The second-order valence-electron chi connectivity index (χ2n) is 20.3. The molecule has 0 aliphatic heterocycles. The van der Waals surface area contributed by atoms with E-state index in [2.05, 4.69) is 48.5 Å². The first-order valence-corrected chi connectivity index (χ1v) is 20.7. The normalized spacial score (nSPS) is 36.9. The van der Waals surface area contributed by atoms with Crippen molar-refractivity contribution in [3.63, 3.8) is 0 Å². The third-order valence-electron chi connectivity index (χ3n) is 15.7. The van der Waals surface area contributed by atoms with Crippen LogP contribution < -0.4 is 0 Å². The molecular weight excluding hydrogens is 686 g/mol. The van der Waals surface area contributed by atoms with E-state index in [1.54, 1.807) is 4.90 Å². The highest BCUT2D eigenvalue weighted by Gasteiger charge is 2.70. The fourth-order valence-corrected chi connectivity index (χ4v) is 13.3. The summed E-state index contributed by atoms with van der Waals surface area (Å²) < 4.78 is 11.8. The number of ether oxygens (including phenoxy) is 2. The number of benzene rings is 1. The molecule has 0 radical (unpaired) electrons. The molecule has 0 bridgehead atoms. The topological polar surface area (TPSA) is 93.1 Å². The zero-order chi connectivity index (χ0) is 39.1. The summed E-state index contributed by atoms with van der Waals surface area (Å²) in [6.07, 6.45) is 6.65. The lowest BCUT2D eigenvalue weighted by atomic mass is 9.33. The highest BCUT2D eigenvalue weighted by molar-refractivity contribution is 6.30. The molecular formula is C45H66ClNO6. The van der Waals surface area contributed by atoms with Crippen LogP contribution in [0, 0.1) is 50.7 Å². The van der Waals surface area contributed by atoms with Crippen LogP contribution in [0.15, 0.2) is 35.4 Å². The number of amides is 1. The molecule has 0 spiro atoms. The number of nitrogens with zero attached hydrogens (tertiary/aromatic N) is 1. The van der Waals surface area contributed by atoms with E-state index in [1.807, 2.05) is 45.0 Å². The van der Waals surface area contributed by atoms with Crippen molar-refractivity contribution in [2.45, 2.75) is 158 Å². The molecule has 1 aromatic carbocycles. The molecule has 1 aromatic rings. The minimum absolute atomic E-state index is 0.0422. The van der Waals surface area contributed by atoms with Gasteiger partial charge in [0.2, 0.25) is 0 Å². The number of aliphatic hydroxyl groups excluding tert-OH is 1. The fourth-order valence-electron chi connectivity index (χ4n) is 13.2. The van der Waals surface area contributed by atoms with Gasteiger partial charge in [-0.1, -0.05) is 77.8 Å². The van der Waals surface area contributed by atoms with Crippen LogP contribution in [0.2, 0.25) is 5.02 Å². The Kier molecular flexibility index (Phi) is 10.4. The minimum Gasteiger partial charge on any atom is -0.462 e. The maximum atomic E-state index is 14.3. The van der Waals surface area contributed by atoms with E-state index in [9.17, 15) is 19.5 Å². The smallest absolute Gasteiger partial charge is 0.410 e. The summed E-state index contributed by atoms with van der Waals surface area (Å²) in [4.78, 5) is 41.8. The largest absolute Gasteiger partial charge is 0.462 e. The van der Waals surface area contributed by atoms with Crippen molar-refractivity contribution in [1.82, 2.24) is 4.90 Å². The predicted octanol–water partition coefficient (Wildman–Crippen LogP) is 10.4. The Morgan fingerprint density at radius 2 is 1.58 bits per heavy atom. The Balaban J connectivity index is 1.35. The third kappa shape index (κ3) is 6.60. The minimum atomic E-state index is -0.932. The number of carbonyl (C=O) groups is 3. The Morgan fingerprint density at radius 3 is 2.19 bits per heavy atom. The van der Waals surface area contributed by atoms with E-state index in [0.29, 0.717) is 29.7 Å². The Morgan fingerprint density at radius 1 is 0.925 bits per heavy atom. The van der Waals surface area contributed by atoms with E-state index in [4.69, 9.17) is 21.1 Å². The second kappa shape index (κ2) is 13.7. The molecule has 1 amide bonds. The van der Waals surface area contributed by atoms with Crippen molar-refractivity contribution < 1.29 is 29.0 Å². The highest BCUT2D eigenvalue weighted by Crippen LogP contribution is 2.77. The Bertz CT molecular complexity index is 1640. The van der Waals surface area contributed by atoms with Gasteiger partial charge in [0.25, 0.3) is 0 Å². The van der Waals surface area contributed by atoms with E-state index < -0.39 is 23.2 Å². The van der Waals surface area contributed by atoms with Crippen LogP contribution in [0.25, 0.3) is 0 Å². The van der Waals surface area contributed by atoms with Crippen LogP contribution in [-0.2, 0) is 25.6 Å². The molecule has 0 heterocycles. The van der Waals surface area contributed by atoms with Gasteiger partial charge in [-0.2, -0.15) is 0 Å². The van der Waals surface area contributed by atoms with Crippen molar-refractivity contribution in [2.24, 2.45) is 50.7 Å². The molecule has 1 N–H and O–H groups in total. The SMILES string of the molecule is CC(=O)O[C@H]1CC[C@@]2(C)[C@H](CC[C@]3(C)[C@@H]2CC[C@@H]2C4=C(C(C)C)C(=O)C[C@]4([C@H](O)CN(Cc4ccc(Cl)cc4)C(=O)OC(C)(C)C)CC[C@]23C)C1(C)C. The summed E-state index contributed by atoms with van der Waals surface area (Å²) in [5.41, 5.74) is 1.57. The molecule has 294 valence electrons. The van der Waals surface area contributed by atoms with Crippen LogP contribution in [0.3, 0.4) is 0 Å². The number of halogens is 1. The molecule has 6 rings (SSSR count). The fraction of sp³-hybridized carbons (Fsp3) is 0.756. The van der Waals surface area contributed by atoms with Crippen molar-refractivity contribution >= 4 is 29.4 Å². The number of fused-ring (bicyclic) bond motifs is 7. The molecule has 5 aliphatic carbocycles. The zero-order valence-electron chi connectivity index (χ0n) is 34.4. The van der Waals surface area contributed by atoms with Gasteiger partial charge in [0.05, 0.1) is 12.6 Å². The number of esters is 1.